The minimum atomic E-state index is 0.675. The lowest BCUT2D eigenvalue weighted by Crippen LogP contribution is -2.31. The topological polar surface area (TPSA) is 3.24 Å². The Morgan fingerprint density at radius 3 is 2.88 bits per heavy atom. The molecule has 1 aliphatic carbocycles. The van der Waals surface area contributed by atoms with Crippen LogP contribution < -0.4 is 0 Å². The molecule has 1 unspecified atom stereocenters. The lowest BCUT2D eigenvalue weighted by atomic mass is 9.89. The average molecular weight is 213 g/mol. The lowest BCUT2D eigenvalue weighted by molar-refractivity contribution is 0.294. The van der Waals surface area contributed by atoms with Crippen molar-refractivity contribution in [1.29, 1.82) is 0 Å². The van der Waals surface area contributed by atoms with Gasteiger partial charge in [-0.2, -0.15) is 0 Å². The Balaban J connectivity index is 2.12. The van der Waals surface area contributed by atoms with Crippen LogP contribution in [0.1, 0.15) is 36.0 Å². The number of aryl methyl sites for hydroxylation is 1. The van der Waals surface area contributed by atoms with E-state index in [1.807, 2.05) is 0 Å². The van der Waals surface area contributed by atoms with Crippen molar-refractivity contribution in [3.8, 4) is 0 Å². The quantitative estimate of drug-likeness (QED) is 0.639. The van der Waals surface area contributed by atoms with Gasteiger partial charge in [-0.1, -0.05) is 29.3 Å². The second kappa shape index (κ2) is 3.46. The highest BCUT2D eigenvalue weighted by Gasteiger charge is 2.32. The summed E-state index contributed by atoms with van der Waals surface area (Å²) >= 11 is 0. The third-order valence-electron chi connectivity index (χ3n) is 4.15. The first-order chi connectivity index (χ1) is 7.66. The maximum atomic E-state index is 2.46. The standard InChI is InChI=1S/C15H19N/c1-10-4-5-12-11(2)13-6-7-16(3)9-15(13)14(12)8-10/h4-5,8,15H,6-7,9H2,1-3H3. The van der Waals surface area contributed by atoms with Gasteiger partial charge in [0.15, 0.2) is 0 Å². The van der Waals surface area contributed by atoms with E-state index in [-0.39, 0.29) is 0 Å². The molecule has 1 heteroatoms. The number of fused-ring (bicyclic) bond motifs is 3. The van der Waals surface area contributed by atoms with Gasteiger partial charge in [0, 0.05) is 19.0 Å². The maximum Gasteiger partial charge on any atom is 0.0188 e. The molecule has 3 rings (SSSR count). The summed E-state index contributed by atoms with van der Waals surface area (Å²) in [5.41, 5.74) is 7.70. The fraction of sp³-hybridized carbons (Fsp3) is 0.467. The molecule has 84 valence electrons. The molecule has 1 nitrogen and oxygen atoms in total. The van der Waals surface area contributed by atoms with Gasteiger partial charge in [0.25, 0.3) is 0 Å². The number of nitrogens with zero attached hydrogens (tertiary/aromatic N) is 1. The van der Waals surface area contributed by atoms with Crippen molar-refractivity contribution < 1.29 is 0 Å². The number of allylic oxidation sites excluding steroid dienone is 1. The summed E-state index contributed by atoms with van der Waals surface area (Å²) in [6, 6.07) is 6.94. The van der Waals surface area contributed by atoms with Crippen molar-refractivity contribution in [2.45, 2.75) is 26.2 Å². The van der Waals surface area contributed by atoms with E-state index >= 15 is 0 Å². The van der Waals surface area contributed by atoms with Gasteiger partial charge in [-0.15, -0.1) is 0 Å². The van der Waals surface area contributed by atoms with Gasteiger partial charge in [-0.05, 0) is 44.0 Å². The van der Waals surface area contributed by atoms with Crippen LogP contribution in [0.15, 0.2) is 23.8 Å². The van der Waals surface area contributed by atoms with Crippen LogP contribution in [0.3, 0.4) is 0 Å². The predicted molar refractivity (Wildman–Crippen MR) is 68.6 cm³/mol. The van der Waals surface area contributed by atoms with Crippen molar-refractivity contribution in [3.05, 3.63) is 40.5 Å². The molecule has 1 aromatic rings. The van der Waals surface area contributed by atoms with Crippen LogP contribution in [0.5, 0.6) is 0 Å². The van der Waals surface area contributed by atoms with Gasteiger partial charge < -0.3 is 4.90 Å². The maximum absolute atomic E-state index is 2.46. The Morgan fingerprint density at radius 1 is 1.25 bits per heavy atom. The average Bonchev–Trinajstić information content (AvgIpc) is 2.52. The summed E-state index contributed by atoms with van der Waals surface area (Å²) in [7, 11) is 2.24. The fourth-order valence-electron chi connectivity index (χ4n) is 3.22. The molecule has 1 heterocycles. The van der Waals surface area contributed by atoms with Crippen LogP contribution in [0.2, 0.25) is 0 Å². The number of piperidine rings is 1. The molecule has 1 atom stereocenters. The monoisotopic (exact) mass is 213 g/mol. The van der Waals surface area contributed by atoms with Crippen LogP contribution >= 0.6 is 0 Å². The van der Waals surface area contributed by atoms with E-state index in [2.05, 4.69) is 44.0 Å². The van der Waals surface area contributed by atoms with Crippen molar-refractivity contribution in [2.24, 2.45) is 0 Å². The Hall–Kier alpha value is -1.08. The molecule has 0 N–H and O–H groups in total. The van der Waals surface area contributed by atoms with Crippen molar-refractivity contribution >= 4 is 5.57 Å². The third-order valence-corrected chi connectivity index (χ3v) is 4.15. The molecule has 2 aliphatic rings. The SMILES string of the molecule is CC1=C2CCN(C)CC2c2cc(C)ccc21. The van der Waals surface area contributed by atoms with Crippen molar-refractivity contribution in [2.75, 3.05) is 20.1 Å². The highest BCUT2D eigenvalue weighted by Crippen LogP contribution is 2.45. The van der Waals surface area contributed by atoms with Crippen LogP contribution in [-0.2, 0) is 0 Å². The molecule has 0 aromatic heterocycles. The molecular weight excluding hydrogens is 194 g/mol. The third kappa shape index (κ3) is 1.35. The largest absolute Gasteiger partial charge is 0.305 e. The Bertz CT molecular complexity index is 470. The van der Waals surface area contributed by atoms with Crippen LogP contribution in [0, 0.1) is 6.92 Å². The van der Waals surface area contributed by atoms with Gasteiger partial charge in [-0.3, -0.25) is 0 Å². The van der Waals surface area contributed by atoms with E-state index in [0.717, 1.165) is 0 Å². The number of benzene rings is 1. The molecule has 1 aromatic carbocycles. The van der Waals surface area contributed by atoms with E-state index in [1.54, 1.807) is 16.7 Å². The summed E-state index contributed by atoms with van der Waals surface area (Å²) in [5.74, 6) is 0.675. The van der Waals surface area contributed by atoms with Gasteiger partial charge in [-0.25, -0.2) is 0 Å². The summed E-state index contributed by atoms with van der Waals surface area (Å²) in [6.07, 6.45) is 1.25. The highest BCUT2D eigenvalue weighted by molar-refractivity contribution is 5.77. The Labute approximate surface area is 97.8 Å². The molecule has 0 spiro atoms. The van der Waals surface area contributed by atoms with Crippen molar-refractivity contribution in [1.82, 2.24) is 4.90 Å². The minimum Gasteiger partial charge on any atom is -0.305 e. The van der Waals surface area contributed by atoms with E-state index in [9.17, 15) is 0 Å². The zero-order valence-corrected chi connectivity index (χ0v) is 10.4. The van der Waals surface area contributed by atoms with Crippen LogP contribution in [0.4, 0.5) is 0 Å². The van der Waals surface area contributed by atoms with Gasteiger partial charge in [0.2, 0.25) is 0 Å². The smallest absolute Gasteiger partial charge is 0.0188 e. The lowest BCUT2D eigenvalue weighted by Gasteiger charge is -2.30. The molecule has 1 fully saturated rings. The predicted octanol–water partition coefficient (Wildman–Crippen LogP) is 3.20. The number of hydrogen-bond acceptors (Lipinski definition) is 1. The summed E-state index contributed by atoms with van der Waals surface area (Å²) in [5, 5.41) is 0. The summed E-state index contributed by atoms with van der Waals surface area (Å²) < 4.78 is 0. The number of likely N-dealkylation sites (tertiary alicyclic amines) is 1. The van der Waals surface area contributed by atoms with E-state index in [1.165, 1.54) is 30.6 Å². The summed E-state index contributed by atoms with van der Waals surface area (Å²) in [4.78, 5) is 2.46. The normalized spacial score (nSPS) is 24.6. The molecule has 0 saturated carbocycles. The first-order valence-electron chi connectivity index (χ1n) is 6.16. The molecule has 1 saturated heterocycles. The zero-order valence-electron chi connectivity index (χ0n) is 10.4. The van der Waals surface area contributed by atoms with Crippen LogP contribution in [0.25, 0.3) is 5.57 Å². The summed E-state index contributed by atoms with van der Waals surface area (Å²) in [6.45, 7) is 6.91. The van der Waals surface area contributed by atoms with Crippen molar-refractivity contribution in [3.63, 3.8) is 0 Å². The van der Waals surface area contributed by atoms with Gasteiger partial charge in [0.1, 0.15) is 0 Å². The first kappa shape index (κ1) is 10.1. The Kier molecular flexibility index (Phi) is 2.18. The molecule has 0 bridgehead atoms. The number of hydrogen-bond donors (Lipinski definition) is 0. The zero-order chi connectivity index (χ0) is 11.3. The second-order valence-corrected chi connectivity index (χ2v) is 5.31. The minimum absolute atomic E-state index is 0.675. The molecule has 0 radical (unpaired) electrons. The first-order valence-corrected chi connectivity index (χ1v) is 6.16. The van der Waals surface area contributed by atoms with E-state index < -0.39 is 0 Å². The van der Waals surface area contributed by atoms with Crippen LogP contribution in [-0.4, -0.2) is 25.0 Å². The van der Waals surface area contributed by atoms with Gasteiger partial charge >= 0.3 is 0 Å². The number of likely N-dealkylation sites (N-methyl/N-ethyl adjacent to an activating group) is 1. The highest BCUT2D eigenvalue weighted by atomic mass is 15.1. The van der Waals surface area contributed by atoms with E-state index in [4.69, 9.17) is 0 Å². The number of rotatable bonds is 0. The second-order valence-electron chi connectivity index (χ2n) is 5.31. The van der Waals surface area contributed by atoms with Gasteiger partial charge in [0.05, 0.1) is 0 Å². The van der Waals surface area contributed by atoms with E-state index in [0.29, 0.717) is 5.92 Å². The molecule has 0 amide bonds. The molecule has 1 aliphatic heterocycles. The molecule has 16 heavy (non-hydrogen) atoms. The fourth-order valence-corrected chi connectivity index (χ4v) is 3.22. The Morgan fingerprint density at radius 2 is 2.06 bits per heavy atom. The molecular formula is C15H19N.